The maximum Gasteiger partial charge on any atom is 0.338 e. The van der Waals surface area contributed by atoms with Gasteiger partial charge >= 0.3 is 11.9 Å². The van der Waals surface area contributed by atoms with Crippen LogP contribution >= 0.6 is 0 Å². The standard InChI is InChI=1S/C22H22O8/c1-15(2)22(25)30-18-6-4-16(5-7-18)17-10-19(28-9-8-27-14-23)12-20(11-17)29-21(24)13-26-3/h4-7,10-12,14H,1,8-9,13H2,2-3H3. The van der Waals surface area contributed by atoms with E-state index in [1.54, 1.807) is 49.4 Å². The Labute approximate surface area is 174 Å². The zero-order valence-electron chi connectivity index (χ0n) is 16.7. The monoisotopic (exact) mass is 414 g/mol. The minimum atomic E-state index is -0.563. The molecule has 0 heterocycles. The van der Waals surface area contributed by atoms with Gasteiger partial charge in [0, 0.05) is 18.7 Å². The van der Waals surface area contributed by atoms with Crippen molar-refractivity contribution in [3.63, 3.8) is 0 Å². The highest BCUT2D eigenvalue weighted by Crippen LogP contribution is 2.31. The third-order valence-corrected chi connectivity index (χ3v) is 3.66. The number of carbonyl (C=O) groups excluding carboxylic acids is 3. The predicted octanol–water partition coefficient (Wildman–Crippen LogP) is 2.94. The van der Waals surface area contributed by atoms with E-state index in [0.29, 0.717) is 29.1 Å². The van der Waals surface area contributed by atoms with Crippen LogP contribution in [0, 0.1) is 0 Å². The molecule has 8 nitrogen and oxygen atoms in total. The van der Waals surface area contributed by atoms with E-state index in [1.165, 1.54) is 7.11 Å². The first-order chi connectivity index (χ1) is 14.4. The molecule has 0 aliphatic rings. The van der Waals surface area contributed by atoms with Crippen molar-refractivity contribution < 1.29 is 38.1 Å². The van der Waals surface area contributed by atoms with E-state index < -0.39 is 11.9 Å². The first-order valence-corrected chi connectivity index (χ1v) is 8.94. The molecule has 0 aliphatic heterocycles. The summed E-state index contributed by atoms with van der Waals surface area (Å²) in [5.41, 5.74) is 1.76. The van der Waals surface area contributed by atoms with Crippen LogP contribution in [0.3, 0.4) is 0 Å². The van der Waals surface area contributed by atoms with Gasteiger partial charge in [-0.2, -0.15) is 0 Å². The predicted molar refractivity (Wildman–Crippen MR) is 107 cm³/mol. The molecular formula is C22H22O8. The van der Waals surface area contributed by atoms with Crippen molar-refractivity contribution in [2.45, 2.75) is 6.92 Å². The smallest absolute Gasteiger partial charge is 0.338 e. The first kappa shape index (κ1) is 22.6. The topological polar surface area (TPSA) is 97.4 Å². The second-order valence-corrected chi connectivity index (χ2v) is 6.11. The van der Waals surface area contributed by atoms with E-state index in [0.717, 1.165) is 5.56 Å². The van der Waals surface area contributed by atoms with Gasteiger partial charge in [-0.25, -0.2) is 9.59 Å². The van der Waals surface area contributed by atoms with Crippen LogP contribution in [0.2, 0.25) is 0 Å². The molecule has 0 aliphatic carbocycles. The quantitative estimate of drug-likeness (QED) is 0.182. The molecule has 8 heteroatoms. The van der Waals surface area contributed by atoms with E-state index in [9.17, 15) is 14.4 Å². The maximum absolute atomic E-state index is 11.8. The molecular weight excluding hydrogens is 392 g/mol. The van der Waals surface area contributed by atoms with Gasteiger partial charge in [-0.1, -0.05) is 18.7 Å². The minimum Gasteiger partial charge on any atom is -0.490 e. The summed E-state index contributed by atoms with van der Waals surface area (Å²) in [6.45, 7) is 5.45. The van der Waals surface area contributed by atoms with Crippen molar-refractivity contribution in [3.8, 4) is 28.4 Å². The normalized spacial score (nSPS) is 10.1. The summed E-state index contributed by atoms with van der Waals surface area (Å²) >= 11 is 0. The number of rotatable bonds is 11. The van der Waals surface area contributed by atoms with Gasteiger partial charge < -0.3 is 23.7 Å². The Bertz CT molecular complexity index is 902. The molecule has 2 aromatic carbocycles. The SMILES string of the molecule is C=C(C)C(=O)Oc1ccc(-c2cc(OCCOC=O)cc(OC(=O)COC)c2)cc1. The summed E-state index contributed by atoms with van der Waals surface area (Å²) < 4.78 is 25.4. The number of esters is 2. The average Bonchev–Trinajstić information content (AvgIpc) is 2.71. The molecule has 30 heavy (non-hydrogen) atoms. The Hall–Kier alpha value is -3.65. The lowest BCUT2D eigenvalue weighted by molar-refractivity contribution is -0.138. The molecule has 0 saturated carbocycles. The summed E-state index contributed by atoms with van der Waals surface area (Å²) in [6, 6.07) is 11.7. The summed E-state index contributed by atoms with van der Waals surface area (Å²) in [7, 11) is 1.39. The Kier molecular flexibility index (Phi) is 8.58. The van der Waals surface area contributed by atoms with Gasteiger partial charge in [0.05, 0.1) is 0 Å². The highest BCUT2D eigenvalue weighted by Gasteiger charge is 2.11. The van der Waals surface area contributed by atoms with Gasteiger partial charge in [0.1, 0.15) is 37.1 Å². The summed E-state index contributed by atoms with van der Waals surface area (Å²) in [5, 5.41) is 0. The third-order valence-electron chi connectivity index (χ3n) is 3.66. The fourth-order valence-corrected chi connectivity index (χ4v) is 2.32. The lowest BCUT2D eigenvalue weighted by Gasteiger charge is -2.12. The maximum atomic E-state index is 11.8. The zero-order chi connectivity index (χ0) is 21.9. The number of ether oxygens (including phenoxy) is 5. The lowest BCUT2D eigenvalue weighted by atomic mass is 10.0. The van der Waals surface area contributed by atoms with E-state index in [4.69, 9.17) is 18.9 Å². The van der Waals surface area contributed by atoms with Crippen molar-refractivity contribution >= 4 is 18.4 Å². The van der Waals surface area contributed by atoms with E-state index >= 15 is 0 Å². The van der Waals surface area contributed by atoms with Crippen molar-refractivity contribution in [1.82, 2.24) is 0 Å². The van der Waals surface area contributed by atoms with Gasteiger partial charge in [-0.15, -0.1) is 0 Å². The summed E-state index contributed by atoms with van der Waals surface area (Å²) in [6.07, 6.45) is 0. The van der Waals surface area contributed by atoms with Crippen LogP contribution in [0.1, 0.15) is 6.92 Å². The fourth-order valence-electron chi connectivity index (χ4n) is 2.32. The molecule has 0 spiro atoms. The van der Waals surface area contributed by atoms with Crippen LogP contribution < -0.4 is 14.2 Å². The number of hydrogen-bond acceptors (Lipinski definition) is 8. The molecule has 2 rings (SSSR count). The number of hydrogen-bond donors (Lipinski definition) is 0. The Balaban J connectivity index is 2.25. The third kappa shape index (κ3) is 7.06. The molecule has 0 bridgehead atoms. The van der Waals surface area contributed by atoms with Crippen LogP contribution in [0.25, 0.3) is 11.1 Å². The minimum absolute atomic E-state index is 0.0787. The van der Waals surface area contributed by atoms with Crippen LogP contribution in [0.15, 0.2) is 54.6 Å². The molecule has 0 amide bonds. The van der Waals surface area contributed by atoms with Gasteiger partial charge in [-0.05, 0) is 42.3 Å². The van der Waals surface area contributed by atoms with E-state index in [1.807, 2.05) is 0 Å². The Morgan fingerprint density at radius 1 is 0.933 bits per heavy atom. The van der Waals surface area contributed by atoms with Crippen molar-refractivity contribution in [3.05, 3.63) is 54.6 Å². The van der Waals surface area contributed by atoms with Gasteiger partial charge in [0.25, 0.3) is 6.47 Å². The van der Waals surface area contributed by atoms with Gasteiger partial charge in [0.2, 0.25) is 0 Å². The molecule has 0 N–H and O–H groups in total. The Morgan fingerprint density at radius 3 is 2.27 bits per heavy atom. The molecule has 0 saturated heterocycles. The highest BCUT2D eigenvalue weighted by molar-refractivity contribution is 5.88. The van der Waals surface area contributed by atoms with Gasteiger partial charge in [-0.3, -0.25) is 4.79 Å². The number of methoxy groups -OCH3 is 1. The Morgan fingerprint density at radius 2 is 1.63 bits per heavy atom. The molecule has 0 aromatic heterocycles. The van der Waals surface area contributed by atoms with Gasteiger partial charge in [0.15, 0.2) is 0 Å². The van der Waals surface area contributed by atoms with E-state index in [-0.39, 0.29) is 25.6 Å². The first-order valence-electron chi connectivity index (χ1n) is 8.94. The van der Waals surface area contributed by atoms with Crippen molar-refractivity contribution in [1.29, 1.82) is 0 Å². The number of benzene rings is 2. The van der Waals surface area contributed by atoms with Crippen molar-refractivity contribution in [2.75, 3.05) is 26.9 Å². The van der Waals surface area contributed by atoms with Crippen LogP contribution in [0.5, 0.6) is 17.2 Å². The van der Waals surface area contributed by atoms with Crippen LogP contribution in [0.4, 0.5) is 0 Å². The molecule has 0 fully saturated rings. The second-order valence-electron chi connectivity index (χ2n) is 6.11. The molecule has 2 aromatic rings. The highest BCUT2D eigenvalue weighted by atomic mass is 16.6. The molecule has 158 valence electrons. The summed E-state index contributed by atoms with van der Waals surface area (Å²) in [4.78, 5) is 33.6. The molecule has 0 unspecified atom stereocenters. The van der Waals surface area contributed by atoms with E-state index in [2.05, 4.69) is 11.3 Å². The largest absolute Gasteiger partial charge is 0.490 e. The second kappa shape index (κ2) is 11.4. The number of carbonyl (C=O) groups is 3. The molecule has 0 atom stereocenters. The van der Waals surface area contributed by atoms with Crippen LogP contribution in [-0.4, -0.2) is 45.3 Å². The van der Waals surface area contributed by atoms with Crippen molar-refractivity contribution in [2.24, 2.45) is 0 Å². The summed E-state index contributed by atoms with van der Waals surface area (Å²) in [5.74, 6) is -0.0227. The fraction of sp³-hybridized carbons (Fsp3) is 0.227. The zero-order valence-corrected chi connectivity index (χ0v) is 16.7. The van der Waals surface area contributed by atoms with Crippen LogP contribution in [-0.2, 0) is 23.9 Å². The lowest BCUT2D eigenvalue weighted by Crippen LogP contribution is -2.14. The molecule has 0 radical (unpaired) electrons. The average molecular weight is 414 g/mol.